The van der Waals surface area contributed by atoms with E-state index in [0.29, 0.717) is 0 Å². The molecule has 0 bridgehead atoms. The van der Waals surface area contributed by atoms with Crippen LogP contribution < -0.4 is 4.90 Å². The van der Waals surface area contributed by atoms with Crippen molar-refractivity contribution in [2.75, 3.05) is 4.90 Å². The van der Waals surface area contributed by atoms with Gasteiger partial charge >= 0.3 is 0 Å². The van der Waals surface area contributed by atoms with E-state index in [2.05, 4.69) is 228 Å². The van der Waals surface area contributed by atoms with Crippen LogP contribution in [0, 0.1) is 0 Å². The van der Waals surface area contributed by atoms with Crippen molar-refractivity contribution in [3.05, 3.63) is 218 Å². The number of benzene rings is 10. The Bertz CT molecular complexity index is 3850. The first-order chi connectivity index (χ1) is 30.7. The third kappa shape index (κ3) is 5.37. The van der Waals surface area contributed by atoms with E-state index in [1.54, 1.807) is 0 Å². The first kappa shape index (κ1) is 34.9. The number of para-hydroxylation sites is 4. The monoisotopic (exact) mass is 808 g/mol. The molecule has 3 aromatic heterocycles. The Hall–Kier alpha value is -7.92. The molecule has 0 spiro atoms. The van der Waals surface area contributed by atoms with Crippen LogP contribution in [0.25, 0.3) is 103 Å². The van der Waals surface area contributed by atoms with Crippen molar-refractivity contribution in [2.24, 2.45) is 0 Å². The molecule has 0 radical (unpaired) electrons. The fraction of sp³-hybridized carbons (Fsp3) is 0. The lowest BCUT2D eigenvalue weighted by atomic mass is 9.97. The van der Waals surface area contributed by atoms with Gasteiger partial charge in [-0.3, -0.25) is 0 Å². The molecule has 0 saturated carbocycles. The number of furan rings is 1. The van der Waals surface area contributed by atoms with Gasteiger partial charge in [0, 0.05) is 69.6 Å². The molecule has 0 aliphatic heterocycles. The average Bonchev–Trinajstić information content (AvgIpc) is 4.01. The lowest BCUT2D eigenvalue weighted by molar-refractivity contribution is 0.670. The summed E-state index contributed by atoms with van der Waals surface area (Å²) in [5.74, 6) is 0. The zero-order valence-electron chi connectivity index (χ0n) is 33.5. The smallest absolute Gasteiger partial charge is 0.143 e. The second kappa shape index (κ2) is 13.8. The highest BCUT2D eigenvalue weighted by Crippen LogP contribution is 2.48. The molecule has 3 nitrogen and oxygen atoms in total. The molecule has 3 heterocycles. The van der Waals surface area contributed by atoms with Crippen molar-refractivity contribution in [3.8, 4) is 27.9 Å². The van der Waals surface area contributed by atoms with Crippen LogP contribution in [0.15, 0.2) is 223 Å². The topological polar surface area (TPSA) is 21.3 Å². The van der Waals surface area contributed by atoms with Gasteiger partial charge in [-0.25, -0.2) is 0 Å². The predicted molar refractivity (Wildman–Crippen MR) is 264 cm³/mol. The molecule has 290 valence electrons. The zero-order chi connectivity index (χ0) is 40.7. The van der Waals surface area contributed by atoms with Gasteiger partial charge in [0.2, 0.25) is 0 Å². The van der Waals surface area contributed by atoms with Gasteiger partial charge < -0.3 is 13.9 Å². The van der Waals surface area contributed by atoms with E-state index < -0.39 is 0 Å². The number of thiophene rings is 1. The molecule has 13 rings (SSSR count). The van der Waals surface area contributed by atoms with Gasteiger partial charge in [-0.05, 0) is 89.3 Å². The highest BCUT2D eigenvalue weighted by Gasteiger charge is 2.24. The minimum absolute atomic E-state index is 0.868. The Balaban J connectivity index is 1.09. The molecule has 0 atom stereocenters. The van der Waals surface area contributed by atoms with Crippen molar-refractivity contribution in [1.82, 2.24) is 4.57 Å². The maximum atomic E-state index is 6.86. The molecule has 10 aromatic carbocycles. The third-order valence-corrected chi connectivity index (χ3v) is 13.7. The summed E-state index contributed by atoms with van der Waals surface area (Å²) < 4.78 is 11.9. The molecule has 0 unspecified atom stereocenters. The van der Waals surface area contributed by atoms with Crippen LogP contribution in [-0.4, -0.2) is 4.57 Å². The number of hydrogen-bond acceptors (Lipinski definition) is 3. The van der Waals surface area contributed by atoms with Gasteiger partial charge in [0.15, 0.2) is 0 Å². The molecular formula is C58H36N2OS. The summed E-state index contributed by atoms with van der Waals surface area (Å²) in [7, 11) is 0. The number of nitrogens with zero attached hydrogens (tertiary/aromatic N) is 2. The second-order valence-electron chi connectivity index (χ2n) is 16.0. The van der Waals surface area contributed by atoms with E-state index in [1.807, 2.05) is 11.3 Å². The van der Waals surface area contributed by atoms with Gasteiger partial charge in [0.05, 0.1) is 22.4 Å². The Morgan fingerprint density at radius 2 is 1.02 bits per heavy atom. The predicted octanol–water partition coefficient (Wildman–Crippen LogP) is 17.0. The van der Waals surface area contributed by atoms with Gasteiger partial charge in [-0.1, -0.05) is 146 Å². The lowest BCUT2D eigenvalue weighted by Gasteiger charge is -2.29. The number of hydrogen-bond donors (Lipinski definition) is 0. The van der Waals surface area contributed by atoms with Crippen molar-refractivity contribution in [1.29, 1.82) is 0 Å². The van der Waals surface area contributed by atoms with E-state index in [9.17, 15) is 0 Å². The molecule has 0 N–H and O–H groups in total. The number of aromatic nitrogens is 1. The molecule has 62 heavy (non-hydrogen) atoms. The van der Waals surface area contributed by atoms with Gasteiger partial charge in [0.25, 0.3) is 0 Å². The van der Waals surface area contributed by atoms with Crippen LogP contribution >= 0.6 is 11.3 Å². The molecule has 4 heteroatoms. The summed E-state index contributed by atoms with van der Waals surface area (Å²) in [5, 5.41) is 9.59. The fourth-order valence-corrected chi connectivity index (χ4v) is 10.9. The highest BCUT2D eigenvalue weighted by atomic mass is 32.1. The van der Waals surface area contributed by atoms with E-state index in [1.165, 1.54) is 58.3 Å². The second-order valence-corrected chi connectivity index (χ2v) is 17.1. The first-order valence-corrected chi connectivity index (χ1v) is 21.9. The van der Waals surface area contributed by atoms with Gasteiger partial charge in [-0.2, -0.15) is 0 Å². The van der Waals surface area contributed by atoms with Crippen molar-refractivity contribution in [3.63, 3.8) is 0 Å². The summed E-state index contributed by atoms with van der Waals surface area (Å²) in [6.45, 7) is 0. The van der Waals surface area contributed by atoms with Crippen LogP contribution in [0.3, 0.4) is 0 Å². The standard InChI is InChI=1S/C58H36N2OS/c1-2-19-42-37(15-1)16-14-28-52(42)60(51-25-8-3-20-43(51)39-31-32-57-49(34-39)47-24-7-12-30-56(47)62-57)41-35-48(58-50(36-41)46-23-6-11-29-55(46)61-58)38-17-13-18-40(33-38)59-53-26-9-4-21-44(53)45-22-5-10-27-54(45)59/h1-36H. The van der Waals surface area contributed by atoms with Crippen LogP contribution in [-0.2, 0) is 0 Å². The quantitative estimate of drug-likeness (QED) is 0.167. The van der Waals surface area contributed by atoms with E-state index in [-0.39, 0.29) is 0 Å². The normalized spacial score (nSPS) is 11.9. The lowest BCUT2D eigenvalue weighted by Crippen LogP contribution is -2.12. The highest BCUT2D eigenvalue weighted by molar-refractivity contribution is 7.25. The Labute approximate surface area is 361 Å². The third-order valence-electron chi connectivity index (χ3n) is 12.6. The molecule has 0 saturated heterocycles. The number of rotatable bonds is 6. The molecule has 0 aliphatic carbocycles. The maximum Gasteiger partial charge on any atom is 0.143 e. The van der Waals surface area contributed by atoms with Gasteiger partial charge in [-0.15, -0.1) is 11.3 Å². The van der Waals surface area contributed by atoms with Crippen molar-refractivity contribution < 1.29 is 4.42 Å². The summed E-state index contributed by atoms with van der Waals surface area (Å²) in [5.41, 5.74) is 12.9. The van der Waals surface area contributed by atoms with Crippen molar-refractivity contribution >= 4 is 103 Å². The summed E-state index contributed by atoms with van der Waals surface area (Å²) in [6, 6.07) is 79.3. The van der Waals surface area contributed by atoms with Crippen LogP contribution in [0.1, 0.15) is 0 Å². The number of anilines is 3. The minimum atomic E-state index is 0.868. The largest absolute Gasteiger partial charge is 0.455 e. The van der Waals surface area contributed by atoms with E-state index in [4.69, 9.17) is 4.42 Å². The molecule has 0 fully saturated rings. The van der Waals surface area contributed by atoms with Crippen LogP contribution in [0.5, 0.6) is 0 Å². The Morgan fingerprint density at radius 1 is 0.387 bits per heavy atom. The Kier molecular flexibility index (Phi) is 7.78. The molecule has 0 aliphatic rings. The summed E-state index contributed by atoms with van der Waals surface area (Å²) in [6.07, 6.45) is 0. The zero-order valence-corrected chi connectivity index (χ0v) is 34.3. The molecule has 0 amide bonds. The number of fused-ring (bicyclic) bond motifs is 10. The summed E-state index contributed by atoms with van der Waals surface area (Å²) in [4.78, 5) is 2.47. The minimum Gasteiger partial charge on any atom is -0.455 e. The van der Waals surface area contributed by atoms with Crippen LogP contribution in [0.2, 0.25) is 0 Å². The fourth-order valence-electron chi connectivity index (χ4n) is 9.79. The Morgan fingerprint density at radius 3 is 1.87 bits per heavy atom. The SMILES string of the molecule is c1cc(-c2cc(N(c3ccccc3-c3ccc4sc5ccccc5c4c3)c3cccc4ccccc34)cc3c2oc2ccccc23)cc(-n2c3ccccc3c3ccccc32)c1. The molecular weight excluding hydrogens is 773 g/mol. The van der Waals surface area contributed by atoms with Crippen molar-refractivity contribution in [2.45, 2.75) is 0 Å². The van der Waals surface area contributed by atoms with Gasteiger partial charge in [0.1, 0.15) is 11.2 Å². The maximum absolute atomic E-state index is 6.86. The first-order valence-electron chi connectivity index (χ1n) is 21.1. The average molecular weight is 809 g/mol. The van der Waals surface area contributed by atoms with E-state index in [0.717, 1.165) is 61.4 Å². The van der Waals surface area contributed by atoms with E-state index >= 15 is 0 Å². The summed E-state index contributed by atoms with van der Waals surface area (Å²) >= 11 is 1.85. The van der Waals surface area contributed by atoms with Crippen LogP contribution in [0.4, 0.5) is 17.1 Å². The molecule has 13 aromatic rings.